The topological polar surface area (TPSA) is 91.3 Å². The Bertz CT molecular complexity index is 967. The summed E-state index contributed by atoms with van der Waals surface area (Å²) in [7, 11) is 1.64. The van der Waals surface area contributed by atoms with Gasteiger partial charge in [0.15, 0.2) is 6.10 Å². The van der Waals surface area contributed by atoms with Gasteiger partial charge in [-0.1, -0.05) is 187 Å². The predicted octanol–water partition coefficient (Wildman–Crippen LogP) is 14.7. The summed E-state index contributed by atoms with van der Waals surface area (Å²) in [6.45, 7) is 4.96. The molecular formula is C48H95NO7P+. The number of nitrogens with zero attached hydrogens (tertiary/aromatic N) is 1. The summed E-state index contributed by atoms with van der Waals surface area (Å²) in [6.07, 6.45) is 48.8. The monoisotopic (exact) mass is 829 g/mol. The Kier molecular flexibility index (Phi) is 40.7. The molecular weight excluding hydrogens is 734 g/mol. The van der Waals surface area contributed by atoms with Crippen LogP contribution in [-0.4, -0.2) is 69.0 Å². The summed E-state index contributed by atoms with van der Waals surface area (Å²) in [5, 5.41) is 0. The Balaban J connectivity index is 4.21. The molecule has 0 aromatic carbocycles. The van der Waals surface area contributed by atoms with E-state index in [0.717, 1.165) is 32.1 Å². The van der Waals surface area contributed by atoms with Crippen LogP contribution in [0.1, 0.15) is 226 Å². The molecule has 0 bridgehead atoms. The summed E-state index contributed by atoms with van der Waals surface area (Å²) < 4.78 is 34.8. The van der Waals surface area contributed by atoms with E-state index in [4.69, 9.17) is 18.5 Å². The molecule has 2 atom stereocenters. The van der Waals surface area contributed by atoms with Crippen molar-refractivity contribution in [3.63, 3.8) is 0 Å². The normalized spacial score (nSPS) is 13.8. The molecule has 9 heteroatoms. The van der Waals surface area contributed by atoms with Crippen molar-refractivity contribution < 1.29 is 37.3 Å². The smallest absolute Gasteiger partial charge is 0.472 e. The maximum Gasteiger partial charge on any atom is 0.472 e. The van der Waals surface area contributed by atoms with Gasteiger partial charge in [0.1, 0.15) is 19.8 Å². The van der Waals surface area contributed by atoms with Crippen LogP contribution in [0.15, 0.2) is 24.5 Å². The molecule has 57 heavy (non-hydrogen) atoms. The van der Waals surface area contributed by atoms with E-state index in [0.29, 0.717) is 17.4 Å². The van der Waals surface area contributed by atoms with Gasteiger partial charge in [-0.2, -0.15) is 0 Å². The van der Waals surface area contributed by atoms with Crippen LogP contribution in [0, 0.1) is 0 Å². The van der Waals surface area contributed by atoms with Gasteiger partial charge in [0.05, 0.1) is 34.0 Å². The van der Waals surface area contributed by atoms with Crippen molar-refractivity contribution in [1.29, 1.82) is 0 Å². The van der Waals surface area contributed by atoms with Crippen LogP contribution in [-0.2, 0) is 27.9 Å². The van der Waals surface area contributed by atoms with E-state index in [1.807, 2.05) is 27.2 Å². The van der Waals surface area contributed by atoms with Gasteiger partial charge >= 0.3 is 13.8 Å². The van der Waals surface area contributed by atoms with Crippen LogP contribution in [0.5, 0.6) is 0 Å². The molecule has 0 amide bonds. The molecule has 0 rings (SSSR count). The van der Waals surface area contributed by atoms with Crippen molar-refractivity contribution in [2.75, 3.05) is 47.5 Å². The lowest BCUT2D eigenvalue weighted by Crippen LogP contribution is -2.37. The first-order valence-electron chi connectivity index (χ1n) is 24.1. The molecule has 0 spiro atoms. The number of unbranched alkanes of at least 4 members (excludes halogenated alkanes) is 29. The Morgan fingerprint density at radius 1 is 0.544 bits per heavy atom. The third kappa shape index (κ3) is 45.7. The van der Waals surface area contributed by atoms with E-state index in [1.54, 1.807) is 6.26 Å². The Hall–Kier alpha value is -1.18. The Labute approximate surface area is 353 Å². The zero-order valence-electron chi connectivity index (χ0n) is 38.3. The maximum atomic E-state index is 12.7. The first-order chi connectivity index (χ1) is 27.6. The number of ether oxygens (including phenoxy) is 2. The zero-order chi connectivity index (χ0) is 42.0. The molecule has 0 heterocycles. The van der Waals surface area contributed by atoms with Crippen LogP contribution in [0.4, 0.5) is 0 Å². The number of rotatable bonds is 45. The third-order valence-electron chi connectivity index (χ3n) is 10.6. The molecule has 0 aromatic rings. The number of likely N-dealkylation sites (N-methyl/N-ethyl adjacent to an activating group) is 1. The van der Waals surface area contributed by atoms with Crippen LogP contribution >= 0.6 is 7.82 Å². The van der Waals surface area contributed by atoms with Gasteiger partial charge in [-0.3, -0.25) is 13.8 Å². The van der Waals surface area contributed by atoms with Crippen LogP contribution in [0.3, 0.4) is 0 Å². The van der Waals surface area contributed by atoms with Crippen molar-refractivity contribution in [1.82, 2.24) is 0 Å². The molecule has 0 fully saturated rings. The number of carbonyl (C=O) groups excluding carboxylic acids is 1. The lowest BCUT2D eigenvalue weighted by atomic mass is 10.0. The second-order valence-electron chi connectivity index (χ2n) is 17.6. The molecule has 0 aliphatic carbocycles. The van der Waals surface area contributed by atoms with Gasteiger partial charge in [0.25, 0.3) is 0 Å². The number of hydrogen-bond donors (Lipinski definition) is 1. The fourth-order valence-electron chi connectivity index (χ4n) is 6.81. The number of quaternary nitrogens is 1. The summed E-state index contributed by atoms with van der Waals surface area (Å²) in [4.78, 5) is 22.9. The van der Waals surface area contributed by atoms with Gasteiger partial charge in [0, 0.05) is 6.42 Å². The van der Waals surface area contributed by atoms with Gasteiger partial charge in [-0.25, -0.2) is 4.57 Å². The van der Waals surface area contributed by atoms with E-state index in [2.05, 4.69) is 26.0 Å². The van der Waals surface area contributed by atoms with E-state index in [-0.39, 0.29) is 25.8 Å². The highest BCUT2D eigenvalue weighted by atomic mass is 31.2. The average Bonchev–Trinajstić information content (AvgIpc) is 3.16. The quantitative estimate of drug-likeness (QED) is 0.0163. The maximum absolute atomic E-state index is 12.7. The molecule has 1 unspecified atom stereocenters. The highest BCUT2D eigenvalue weighted by Gasteiger charge is 2.26. The largest absolute Gasteiger partial charge is 0.498 e. The number of esters is 1. The molecule has 0 radical (unpaired) electrons. The summed E-state index contributed by atoms with van der Waals surface area (Å²) in [6, 6.07) is 0. The summed E-state index contributed by atoms with van der Waals surface area (Å²) in [5.41, 5.74) is 0. The fraction of sp³-hybridized carbons (Fsp3) is 0.896. The van der Waals surface area contributed by atoms with Crippen LogP contribution in [0.25, 0.3) is 0 Å². The van der Waals surface area contributed by atoms with Gasteiger partial charge < -0.3 is 18.9 Å². The van der Waals surface area contributed by atoms with Gasteiger partial charge in [-0.05, 0) is 51.0 Å². The minimum absolute atomic E-state index is 0.0509. The Morgan fingerprint density at radius 3 is 1.35 bits per heavy atom. The highest BCUT2D eigenvalue weighted by molar-refractivity contribution is 7.47. The zero-order valence-corrected chi connectivity index (χ0v) is 39.2. The lowest BCUT2D eigenvalue weighted by Gasteiger charge is -2.24. The molecule has 0 aliphatic heterocycles. The summed E-state index contributed by atoms with van der Waals surface area (Å²) in [5.74, 6) is -0.335. The number of allylic oxidation sites excluding steroid dienone is 3. The first kappa shape index (κ1) is 55.8. The van der Waals surface area contributed by atoms with Crippen molar-refractivity contribution in [2.45, 2.75) is 232 Å². The van der Waals surface area contributed by atoms with Crippen LogP contribution < -0.4 is 0 Å². The fourth-order valence-corrected chi connectivity index (χ4v) is 7.55. The third-order valence-corrected chi connectivity index (χ3v) is 11.6. The van der Waals surface area contributed by atoms with Crippen molar-refractivity contribution in [2.24, 2.45) is 0 Å². The second kappa shape index (κ2) is 41.5. The number of carbonyl (C=O) groups is 1. The minimum Gasteiger partial charge on any atom is -0.498 e. The molecule has 0 aliphatic rings. The molecule has 8 nitrogen and oxygen atoms in total. The summed E-state index contributed by atoms with van der Waals surface area (Å²) >= 11 is 0. The van der Waals surface area contributed by atoms with Gasteiger partial charge in [0.2, 0.25) is 0 Å². The van der Waals surface area contributed by atoms with Crippen molar-refractivity contribution >= 4 is 13.8 Å². The molecule has 0 saturated heterocycles. The van der Waals surface area contributed by atoms with E-state index in [1.165, 1.54) is 173 Å². The van der Waals surface area contributed by atoms with Crippen LogP contribution in [0.2, 0.25) is 0 Å². The lowest BCUT2D eigenvalue weighted by molar-refractivity contribution is -0.870. The highest BCUT2D eigenvalue weighted by Crippen LogP contribution is 2.43. The SMILES string of the molecule is CCCCCCCC/C=C/CCCCCCCCCCCC(=O)O[C@H](CO/C=C/CCCCCCCCCCCCCCCC)COP(=O)(O)OCC[N+](C)(C)C. The number of phosphoric ester groups is 1. The standard InChI is InChI=1S/C48H94NO7P/c1-6-8-10-12-14-16-18-20-22-24-25-26-27-29-31-33-35-37-39-41-48(50)56-47(46-55-57(51,52)54-44-42-49(3,4)5)45-53-43-40-38-36-34-32-30-28-23-21-19-17-15-13-11-9-7-2/h20,22,40,43,47H,6-19,21,23-39,41-42,44-46H2,1-5H3/p+1/b22-20+,43-40+/t47-/m1/s1. The number of phosphoric acid groups is 1. The Morgan fingerprint density at radius 2 is 0.930 bits per heavy atom. The number of hydrogen-bond acceptors (Lipinski definition) is 6. The van der Waals surface area contributed by atoms with Crippen molar-refractivity contribution in [3.05, 3.63) is 24.5 Å². The van der Waals surface area contributed by atoms with E-state index >= 15 is 0 Å². The predicted molar refractivity (Wildman–Crippen MR) is 242 cm³/mol. The second-order valence-corrected chi connectivity index (χ2v) is 19.0. The molecule has 338 valence electrons. The average molecular weight is 829 g/mol. The molecule has 1 N–H and O–H groups in total. The molecule has 0 aromatic heterocycles. The first-order valence-corrected chi connectivity index (χ1v) is 25.6. The van der Waals surface area contributed by atoms with Crippen molar-refractivity contribution in [3.8, 4) is 0 Å². The molecule has 0 saturated carbocycles. The van der Waals surface area contributed by atoms with Gasteiger partial charge in [-0.15, -0.1) is 0 Å². The van der Waals surface area contributed by atoms with E-state index in [9.17, 15) is 14.3 Å². The van der Waals surface area contributed by atoms with E-state index < -0.39 is 13.9 Å². The minimum atomic E-state index is -4.29.